The summed E-state index contributed by atoms with van der Waals surface area (Å²) in [6.45, 7) is 5.28. The molecule has 0 aliphatic carbocycles. The fourth-order valence-electron chi connectivity index (χ4n) is 3.31. The number of amides is 1. The maximum absolute atomic E-state index is 13.3. The van der Waals surface area contributed by atoms with Crippen molar-refractivity contribution in [3.8, 4) is 17.1 Å². The van der Waals surface area contributed by atoms with Gasteiger partial charge in [0, 0.05) is 15.6 Å². The van der Waals surface area contributed by atoms with E-state index in [2.05, 4.69) is 10.3 Å². The van der Waals surface area contributed by atoms with Gasteiger partial charge in [0.25, 0.3) is 5.91 Å². The minimum Gasteiger partial charge on any atom is -0.476 e. The summed E-state index contributed by atoms with van der Waals surface area (Å²) in [5.41, 5.74) is 0.800. The normalized spacial score (nSPS) is 11.1. The summed E-state index contributed by atoms with van der Waals surface area (Å²) in [5.74, 6) is -0.899. The highest BCUT2D eigenvalue weighted by atomic mass is 35.5. The number of fused-ring (bicyclic) bond motifs is 1. The Morgan fingerprint density at radius 3 is 2.51 bits per heavy atom. The molecule has 0 saturated carbocycles. The third kappa shape index (κ3) is 6.30. The van der Waals surface area contributed by atoms with E-state index in [4.69, 9.17) is 37.1 Å². The number of benzene rings is 2. The van der Waals surface area contributed by atoms with Gasteiger partial charge in [-0.05, 0) is 55.3 Å². The SMILES string of the molecule is Cc1nc(NC(=O)COc2c(-c3ccc(Cl)cc3)oc3ccc(Cl)cc3c2=O)sc1C(=O)OCC(C)C. The second-order valence-electron chi connectivity index (χ2n) is 8.50. The quantitative estimate of drug-likeness (QED) is 0.249. The number of aryl methyl sites for hydroxylation is 1. The van der Waals surface area contributed by atoms with E-state index in [1.54, 1.807) is 43.3 Å². The average Bonchev–Trinajstić information content (AvgIpc) is 3.22. The highest BCUT2D eigenvalue weighted by molar-refractivity contribution is 7.17. The molecule has 0 unspecified atom stereocenters. The molecule has 0 radical (unpaired) electrons. The second kappa shape index (κ2) is 11.3. The van der Waals surface area contributed by atoms with Crippen LogP contribution in [-0.4, -0.2) is 30.1 Å². The van der Waals surface area contributed by atoms with Crippen molar-refractivity contribution in [2.45, 2.75) is 20.8 Å². The van der Waals surface area contributed by atoms with Crippen molar-refractivity contribution in [2.75, 3.05) is 18.5 Å². The highest BCUT2D eigenvalue weighted by Crippen LogP contribution is 2.32. The predicted octanol–water partition coefficient (Wildman–Crippen LogP) is 6.36. The lowest BCUT2D eigenvalue weighted by atomic mass is 10.1. The van der Waals surface area contributed by atoms with Crippen LogP contribution in [0.2, 0.25) is 10.0 Å². The number of carbonyl (C=O) groups excluding carboxylic acids is 2. The minimum atomic E-state index is -0.580. The van der Waals surface area contributed by atoms with Crippen molar-refractivity contribution in [1.29, 1.82) is 0 Å². The Morgan fingerprint density at radius 1 is 1.11 bits per heavy atom. The zero-order valence-corrected chi connectivity index (χ0v) is 22.4. The first-order valence-electron chi connectivity index (χ1n) is 11.2. The first kappa shape index (κ1) is 26.7. The number of anilines is 1. The lowest BCUT2D eigenvalue weighted by Crippen LogP contribution is -2.22. The van der Waals surface area contributed by atoms with Crippen molar-refractivity contribution >= 4 is 62.5 Å². The molecule has 0 aliphatic heterocycles. The monoisotopic (exact) mass is 560 g/mol. The molecule has 2 heterocycles. The van der Waals surface area contributed by atoms with Gasteiger partial charge in [0.2, 0.25) is 11.2 Å². The topological polar surface area (TPSA) is 108 Å². The molecular weight excluding hydrogens is 539 g/mol. The van der Waals surface area contributed by atoms with Gasteiger partial charge in [-0.2, -0.15) is 0 Å². The van der Waals surface area contributed by atoms with E-state index in [0.717, 1.165) is 11.3 Å². The number of nitrogens with zero attached hydrogens (tertiary/aromatic N) is 1. The van der Waals surface area contributed by atoms with E-state index >= 15 is 0 Å². The molecule has 11 heteroatoms. The highest BCUT2D eigenvalue weighted by Gasteiger charge is 2.21. The molecule has 192 valence electrons. The van der Waals surface area contributed by atoms with E-state index < -0.39 is 23.9 Å². The van der Waals surface area contributed by atoms with Crippen LogP contribution in [0.1, 0.15) is 29.2 Å². The third-order valence-corrected chi connectivity index (χ3v) is 6.58. The molecule has 8 nitrogen and oxygen atoms in total. The number of rotatable bonds is 8. The number of esters is 1. The number of hydrogen-bond acceptors (Lipinski definition) is 8. The Balaban J connectivity index is 1.56. The molecule has 0 aliphatic rings. The molecule has 0 spiro atoms. The molecule has 0 saturated heterocycles. The van der Waals surface area contributed by atoms with Crippen molar-refractivity contribution in [1.82, 2.24) is 4.98 Å². The lowest BCUT2D eigenvalue weighted by Gasteiger charge is -2.12. The number of carbonyl (C=O) groups is 2. The third-order valence-electron chi connectivity index (χ3n) is 5.04. The molecule has 4 rings (SSSR count). The van der Waals surface area contributed by atoms with E-state index in [9.17, 15) is 14.4 Å². The summed E-state index contributed by atoms with van der Waals surface area (Å²) >= 11 is 13.1. The van der Waals surface area contributed by atoms with Gasteiger partial charge in [0.05, 0.1) is 17.7 Å². The molecule has 4 aromatic rings. The van der Waals surface area contributed by atoms with Gasteiger partial charge in [-0.1, -0.05) is 48.4 Å². The van der Waals surface area contributed by atoms with E-state index in [1.165, 1.54) is 6.07 Å². The standard InChI is InChI=1S/C26H22Cl2N2O6S/c1-13(2)11-35-25(33)24-14(3)29-26(37-24)30-20(31)12-34-23-21(32)18-10-17(28)8-9-19(18)36-22(23)15-4-6-16(27)7-5-15/h4-10,13H,11-12H2,1-3H3,(H,29,30,31). The van der Waals surface area contributed by atoms with Gasteiger partial charge >= 0.3 is 5.97 Å². The van der Waals surface area contributed by atoms with Gasteiger partial charge in [-0.3, -0.25) is 14.9 Å². The molecule has 0 atom stereocenters. The van der Waals surface area contributed by atoms with Crippen LogP contribution in [0.4, 0.5) is 5.13 Å². The fraction of sp³-hybridized carbons (Fsp3) is 0.231. The van der Waals surface area contributed by atoms with E-state index in [1.807, 2.05) is 13.8 Å². The lowest BCUT2D eigenvalue weighted by molar-refractivity contribution is -0.118. The van der Waals surface area contributed by atoms with Crippen molar-refractivity contribution in [3.63, 3.8) is 0 Å². The maximum atomic E-state index is 13.3. The Kier molecular flexibility index (Phi) is 8.16. The summed E-state index contributed by atoms with van der Waals surface area (Å²) in [5, 5.41) is 3.86. The molecule has 37 heavy (non-hydrogen) atoms. The van der Waals surface area contributed by atoms with Crippen LogP contribution in [0, 0.1) is 12.8 Å². The van der Waals surface area contributed by atoms with Gasteiger partial charge in [-0.25, -0.2) is 9.78 Å². The number of halogens is 2. The summed E-state index contributed by atoms with van der Waals surface area (Å²) in [6, 6.07) is 11.3. The van der Waals surface area contributed by atoms with Gasteiger partial charge in [0.1, 0.15) is 10.5 Å². The predicted molar refractivity (Wildman–Crippen MR) is 144 cm³/mol. The van der Waals surface area contributed by atoms with Crippen LogP contribution in [0.3, 0.4) is 0 Å². The van der Waals surface area contributed by atoms with Crippen LogP contribution in [0.15, 0.2) is 51.7 Å². The van der Waals surface area contributed by atoms with E-state index in [-0.39, 0.29) is 34.6 Å². The Morgan fingerprint density at radius 2 is 1.81 bits per heavy atom. The zero-order valence-electron chi connectivity index (χ0n) is 20.1. The molecule has 0 bridgehead atoms. The molecular formula is C26H22Cl2N2O6S. The van der Waals surface area contributed by atoms with Gasteiger partial charge < -0.3 is 13.9 Å². The first-order valence-corrected chi connectivity index (χ1v) is 12.8. The maximum Gasteiger partial charge on any atom is 0.350 e. The Hall–Kier alpha value is -3.40. The molecule has 2 aromatic heterocycles. The zero-order chi connectivity index (χ0) is 26.7. The Bertz CT molecular complexity index is 1530. The molecule has 1 amide bonds. The average molecular weight is 561 g/mol. The number of thiazole rings is 1. The number of nitrogens with one attached hydrogen (secondary N) is 1. The number of aromatic nitrogens is 1. The molecule has 2 aromatic carbocycles. The van der Waals surface area contributed by atoms with Gasteiger partial charge in [0.15, 0.2) is 17.5 Å². The smallest absolute Gasteiger partial charge is 0.350 e. The van der Waals surface area contributed by atoms with Crippen molar-refractivity contribution in [3.05, 3.63) is 73.3 Å². The van der Waals surface area contributed by atoms with Crippen LogP contribution in [0.5, 0.6) is 5.75 Å². The van der Waals surface area contributed by atoms with Crippen molar-refractivity contribution in [2.24, 2.45) is 5.92 Å². The van der Waals surface area contributed by atoms with Gasteiger partial charge in [-0.15, -0.1) is 0 Å². The summed E-state index contributed by atoms with van der Waals surface area (Å²) in [4.78, 5) is 42.7. The van der Waals surface area contributed by atoms with Crippen LogP contribution in [0.25, 0.3) is 22.3 Å². The summed E-state index contributed by atoms with van der Waals surface area (Å²) in [6.07, 6.45) is 0. The molecule has 1 N–H and O–H groups in total. The second-order valence-corrected chi connectivity index (χ2v) is 10.4. The largest absolute Gasteiger partial charge is 0.476 e. The van der Waals surface area contributed by atoms with E-state index in [0.29, 0.717) is 31.8 Å². The number of hydrogen-bond donors (Lipinski definition) is 1. The minimum absolute atomic E-state index is 0.143. The Labute approximate surface area is 226 Å². The first-order chi connectivity index (χ1) is 17.6. The van der Waals surface area contributed by atoms with Crippen LogP contribution < -0.4 is 15.5 Å². The molecule has 0 fully saturated rings. The fourth-order valence-corrected chi connectivity index (χ4v) is 4.49. The summed E-state index contributed by atoms with van der Waals surface area (Å²) < 4.78 is 16.9. The van der Waals surface area contributed by atoms with Crippen LogP contribution >= 0.6 is 34.5 Å². The summed E-state index contributed by atoms with van der Waals surface area (Å²) in [7, 11) is 0. The van der Waals surface area contributed by atoms with Crippen LogP contribution in [-0.2, 0) is 9.53 Å². The number of ether oxygens (including phenoxy) is 2. The van der Waals surface area contributed by atoms with Crippen molar-refractivity contribution < 1.29 is 23.5 Å².